The first kappa shape index (κ1) is 13.7. The third-order valence-electron chi connectivity index (χ3n) is 2.94. The van der Waals surface area contributed by atoms with Crippen LogP contribution >= 0.6 is 34.3 Å². The lowest BCUT2D eigenvalue weighted by Crippen LogP contribution is -2.08. The number of thiophene rings is 1. The molecule has 0 aliphatic heterocycles. The molecule has 0 spiro atoms. The van der Waals surface area contributed by atoms with Gasteiger partial charge in [-0.15, -0.1) is 22.7 Å². The highest BCUT2D eigenvalue weighted by molar-refractivity contribution is 7.18. The van der Waals surface area contributed by atoms with E-state index >= 15 is 0 Å². The van der Waals surface area contributed by atoms with E-state index in [1.807, 2.05) is 5.38 Å². The number of thiazole rings is 1. The van der Waals surface area contributed by atoms with Gasteiger partial charge in [-0.2, -0.15) is 0 Å². The zero-order valence-corrected chi connectivity index (χ0v) is 13.4. The van der Waals surface area contributed by atoms with Crippen LogP contribution in [0, 0.1) is 0 Å². The minimum atomic E-state index is 0.0918. The lowest BCUT2D eigenvalue weighted by molar-refractivity contribution is 0.862. The van der Waals surface area contributed by atoms with Gasteiger partial charge in [0.25, 0.3) is 0 Å². The topological polar surface area (TPSA) is 50.7 Å². The van der Waals surface area contributed by atoms with Crippen molar-refractivity contribution in [3.63, 3.8) is 0 Å². The summed E-state index contributed by atoms with van der Waals surface area (Å²) in [5.41, 5.74) is 0. The van der Waals surface area contributed by atoms with E-state index in [-0.39, 0.29) is 11.3 Å². The highest BCUT2D eigenvalue weighted by Gasteiger charge is 2.14. The maximum absolute atomic E-state index is 6.02. The number of aryl methyl sites for hydroxylation is 1. The molecular formula is C13H13ClN4S2. The summed E-state index contributed by atoms with van der Waals surface area (Å²) in [6.45, 7) is 4.19. The van der Waals surface area contributed by atoms with Crippen molar-refractivity contribution in [1.82, 2.24) is 15.0 Å². The molecule has 0 amide bonds. The Morgan fingerprint density at radius 3 is 2.95 bits per heavy atom. The van der Waals surface area contributed by atoms with Crippen molar-refractivity contribution in [2.75, 3.05) is 5.32 Å². The van der Waals surface area contributed by atoms with Crippen LogP contribution < -0.4 is 5.32 Å². The molecule has 0 bridgehead atoms. The Morgan fingerprint density at radius 1 is 1.40 bits per heavy atom. The molecule has 3 aromatic rings. The number of rotatable bonds is 4. The fourth-order valence-electron chi connectivity index (χ4n) is 1.94. The second kappa shape index (κ2) is 5.63. The van der Waals surface area contributed by atoms with E-state index in [4.69, 9.17) is 11.6 Å². The van der Waals surface area contributed by atoms with Crippen molar-refractivity contribution in [3.8, 4) is 0 Å². The molecule has 104 valence electrons. The number of hydrogen-bond donors (Lipinski definition) is 1. The van der Waals surface area contributed by atoms with E-state index in [2.05, 4.69) is 40.2 Å². The monoisotopic (exact) mass is 324 g/mol. The van der Waals surface area contributed by atoms with E-state index in [0.29, 0.717) is 0 Å². The summed E-state index contributed by atoms with van der Waals surface area (Å²) in [4.78, 5) is 15.1. The zero-order chi connectivity index (χ0) is 14.1. The SMILES string of the molecule is CCc1cc2c(NC(C)c3nccs3)nc(Cl)nc2s1. The van der Waals surface area contributed by atoms with Gasteiger partial charge in [0.1, 0.15) is 15.7 Å². The predicted molar refractivity (Wildman–Crippen MR) is 86.0 cm³/mol. The van der Waals surface area contributed by atoms with E-state index in [1.165, 1.54) is 4.88 Å². The van der Waals surface area contributed by atoms with Crippen LogP contribution in [-0.2, 0) is 6.42 Å². The van der Waals surface area contributed by atoms with E-state index < -0.39 is 0 Å². The van der Waals surface area contributed by atoms with Crippen LogP contribution in [0.4, 0.5) is 5.82 Å². The van der Waals surface area contributed by atoms with Crippen LogP contribution in [0.2, 0.25) is 5.28 Å². The van der Waals surface area contributed by atoms with Gasteiger partial charge in [-0.1, -0.05) is 6.92 Å². The summed E-state index contributed by atoms with van der Waals surface area (Å²) in [5, 5.41) is 7.68. The molecule has 0 aromatic carbocycles. The molecule has 1 unspecified atom stereocenters. The first-order chi connectivity index (χ1) is 9.67. The molecule has 1 atom stereocenters. The van der Waals surface area contributed by atoms with Crippen molar-refractivity contribution in [1.29, 1.82) is 0 Å². The van der Waals surface area contributed by atoms with Crippen LogP contribution in [-0.4, -0.2) is 15.0 Å². The van der Waals surface area contributed by atoms with Crippen LogP contribution in [0.1, 0.15) is 29.8 Å². The van der Waals surface area contributed by atoms with Crippen molar-refractivity contribution in [2.45, 2.75) is 26.3 Å². The number of aromatic nitrogens is 3. The summed E-state index contributed by atoms with van der Waals surface area (Å²) in [6, 6.07) is 2.22. The first-order valence-electron chi connectivity index (χ1n) is 6.29. The highest BCUT2D eigenvalue weighted by atomic mass is 35.5. The smallest absolute Gasteiger partial charge is 0.225 e. The molecule has 20 heavy (non-hydrogen) atoms. The van der Waals surface area contributed by atoms with Crippen molar-refractivity contribution >= 4 is 50.3 Å². The van der Waals surface area contributed by atoms with Gasteiger partial charge < -0.3 is 5.32 Å². The number of halogens is 1. The fourth-order valence-corrected chi connectivity index (χ4v) is 3.78. The number of nitrogens with zero attached hydrogens (tertiary/aromatic N) is 3. The lowest BCUT2D eigenvalue weighted by Gasteiger charge is -2.12. The van der Waals surface area contributed by atoms with Gasteiger partial charge in [0.2, 0.25) is 5.28 Å². The van der Waals surface area contributed by atoms with Crippen molar-refractivity contribution in [3.05, 3.63) is 32.8 Å². The van der Waals surface area contributed by atoms with E-state index in [9.17, 15) is 0 Å². The Labute approximate surface area is 129 Å². The Balaban J connectivity index is 1.99. The Kier molecular flexibility index (Phi) is 3.87. The molecule has 0 aliphatic rings. The maximum Gasteiger partial charge on any atom is 0.225 e. The predicted octanol–water partition coefficient (Wildman–Crippen LogP) is 4.54. The van der Waals surface area contributed by atoms with Crippen LogP contribution in [0.25, 0.3) is 10.2 Å². The molecule has 1 N–H and O–H groups in total. The summed E-state index contributed by atoms with van der Waals surface area (Å²) in [6.07, 6.45) is 2.79. The average molecular weight is 325 g/mol. The fraction of sp³-hybridized carbons (Fsp3) is 0.308. The largest absolute Gasteiger partial charge is 0.360 e. The van der Waals surface area contributed by atoms with Gasteiger partial charge in [-0.25, -0.2) is 15.0 Å². The number of anilines is 1. The summed E-state index contributed by atoms with van der Waals surface area (Å²) < 4.78 is 0. The summed E-state index contributed by atoms with van der Waals surface area (Å²) >= 11 is 9.30. The Hall–Kier alpha value is -1.24. The average Bonchev–Trinajstić information content (AvgIpc) is 3.07. The molecule has 0 fully saturated rings. The van der Waals surface area contributed by atoms with Crippen LogP contribution in [0.15, 0.2) is 17.6 Å². The lowest BCUT2D eigenvalue weighted by atomic mass is 10.3. The molecule has 3 aromatic heterocycles. The third-order valence-corrected chi connectivity index (χ3v) is 5.24. The third kappa shape index (κ3) is 2.63. The molecule has 0 radical (unpaired) electrons. The van der Waals surface area contributed by atoms with Crippen LogP contribution in [0.3, 0.4) is 0 Å². The van der Waals surface area contributed by atoms with E-state index in [0.717, 1.165) is 27.5 Å². The van der Waals surface area contributed by atoms with Gasteiger partial charge >= 0.3 is 0 Å². The highest BCUT2D eigenvalue weighted by Crippen LogP contribution is 2.32. The van der Waals surface area contributed by atoms with Crippen molar-refractivity contribution < 1.29 is 0 Å². The molecule has 4 nitrogen and oxygen atoms in total. The molecule has 0 saturated carbocycles. The number of hydrogen-bond acceptors (Lipinski definition) is 6. The Morgan fingerprint density at radius 2 is 2.25 bits per heavy atom. The van der Waals surface area contributed by atoms with Gasteiger partial charge in [0, 0.05) is 16.5 Å². The molecule has 7 heteroatoms. The Bertz CT molecular complexity index is 723. The standard InChI is InChI=1S/C13H13ClN4S2/c1-3-8-6-9-10(17-13(14)18-12(9)20-8)16-7(2)11-15-4-5-19-11/h4-7H,3H2,1-2H3,(H,16,17,18). The number of fused-ring (bicyclic) bond motifs is 1. The maximum atomic E-state index is 6.02. The molecule has 0 aliphatic carbocycles. The van der Waals surface area contributed by atoms with Gasteiger partial charge in [0.05, 0.1) is 11.4 Å². The normalized spacial score (nSPS) is 12.8. The van der Waals surface area contributed by atoms with Gasteiger partial charge in [0.15, 0.2) is 0 Å². The molecule has 3 heterocycles. The van der Waals surface area contributed by atoms with Crippen LogP contribution in [0.5, 0.6) is 0 Å². The summed E-state index contributed by atoms with van der Waals surface area (Å²) in [7, 11) is 0. The van der Waals surface area contributed by atoms with Crippen molar-refractivity contribution in [2.24, 2.45) is 0 Å². The second-order valence-corrected chi connectivity index (χ2v) is 6.74. The molecule has 3 rings (SSSR count). The van der Waals surface area contributed by atoms with E-state index in [1.54, 1.807) is 28.9 Å². The quantitative estimate of drug-likeness (QED) is 0.716. The van der Waals surface area contributed by atoms with Gasteiger partial charge in [-0.05, 0) is 31.0 Å². The molecule has 0 saturated heterocycles. The number of nitrogens with one attached hydrogen (secondary N) is 1. The summed E-state index contributed by atoms with van der Waals surface area (Å²) in [5.74, 6) is 0.777. The first-order valence-corrected chi connectivity index (χ1v) is 8.36. The van der Waals surface area contributed by atoms with Gasteiger partial charge in [-0.3, -0.25) is 0 Å². The molecular weight excluding hydrogens is 312 g/mol. The minimum Gasteiger partial charge on any atom is -0.360 e. The minimum absolute atomic E-state index is 0.0918. The second-order valence-electron chi connectivity index (χ2n) is 4.36. The zero-order valence-electron chi connectivity index (χ0n) is 11.1.